The van der Waals surface area contributed by atoms with Gasteiger partial charge in [-0.15, -0.1) is 0 Å². The molecule has 0 radical (unpaired) electrons. The lowest BCUT2D eigenvalue weighted by atomic mass is 9.96. The minimum atomic E-state index is 0.866. The molecule has 0 aromatic carbocycles. The van der Waals surface area contributed by atoms with Crippen molar-refractivity contribution in [2.45, 2.75) is 59.8 Å². The summed E-state index contributed by atoms with van der Waals surface area (Å²) in [7, 11) is 0. The van der Waals surface area contributed by atoms with Crippen LogP contribution < -0.4 is 0 Å². The van der Waals surface area contributed by atoms with E-state index in [1.54, 1.807) is 0 Å². The molecule has 68 valence electrons. The zero-order valence-electron chi connectivity index (χ0n) is 8.69. The Morgan fingerprint density at radius 3 is 1.27 bits per heavy atom. The van der Waals surface area contributed by atoms with Gasteiger partial charge in [-0.2, -0.15) is 0 Å². The first-order valence-electron chi connectivity index (χ1n) is 5.18. The van der Waals surface area contributed by atoms with E-state index in [2.05, 4.69) is 27.7 Å². The van der Waals surface area contributed by atoms with Crippen LogP contribution in [0.15, 0.2) is 0 Å². The molecule has 0 aromatic heterocycles. The summed E-state index contributed by atoms with van der Waals surface area (Å²) in [6, 6.07) is 0. The molecule has 0 heterocycles. The van der Waals surface area contributed by atoms with Gasteiger partial charge in [0, 0.05) is 0 Å². The van der Waals surface area contributed by atoms with Crippen molar-refractivity contribution >= 4 is 0 Å². The maximum Gasteiger partial charge on any atom is -0.0422 e. The third-order valence-electron chi connectivity index (χ3n) is 2.78. The van der Waals surface area contributed by atoms with Crippen LogP contribution in [0, 0.1) is 11.8 Å². The van der Waals surface area contributed by atoms with Crippen LogP contribution in [0.25, 0.3) is 0 Å². The molecular weight excluding hydrogens is 132 g/mol. The lowest BCUT2D eigenvalue weighted by Gasteiger charge is -2.10. The SMILES string of the molecule is C1CCC1.CCC(C)C(C)C. The van der Waals surface area contributed by atoms with Crippen molar-refractivity contribution in [3.8, 4) is 0 Å². The first kappa shape index (κ1) is 11.0. The molecule has 11 heavy (non-hydrogen) atoms. The molecule has 0 nitrogen and oxygen atoms in total. The van der Waals surface area contributed by atoms with Gasteiger partial charge in [-0.3, -0.25) is 0 Å². The van der Waals surface area contributed by atoms with Gasteiger partial charge in [0.15, 0.2) is 0 Å². The Hall–Kier alpha value is 0. The van der Waals surface area contributed by atoms with Gasteiger partial charge in [0.2, 0.25) is 0 Å². The third-order valence-corrected chi connectivity index (χ3v) is 2.78. The zero-order valence-corrected chi connectivity index (χ0v) is 8.69. The maximum absolute atomic E-state index is 2.30. The average Bonchev–Trinajstić information content (AvgIpc) is 1.82. The first-order valence-corrected chi connectivity index (χ1v) is 5.18. The standard InChI is InChI=1S/C7H16.C4H8/c1-5-7(4)6(2)3;1-2-4-3-1/h6-7H,5H2,1-4H3;1-4H2. The van der Waals surface area contributed by atoms with Crippen molar-refractivity contribution in [3.63, 3.8) is 0 Å². The molecule has 1 aliphatic carbocycles. The van der Waals surface area contributed by atoms with Gasteiger partial charge in [0.1, 0.15) is 0 Å². The smallest absolute Gasteiger partial charge is 0.0422 e. The highest BCUT2D eigenvalue weighted by molar-refractivity contribution is 4.52. The van der Waals surface area contributed by atoms with Crippen molar-refractivity contribution in [3.05, 3.63) is 0 Å². The summed E-state index contributed by atoms with van der Waals surface area (Å²) in [6.07, 6.45) is 7.32. The molecule has 1 saturated carbocycles. The predicted octanol–water partition coefficient (Wildman–Crippen LogP) is 4.25. The summed E-state index contributed by atoms with van der Waals surface area (Å²) in [5.41, 5.74) is 0. The first-order chi connectivity index (χ1) is 5.18. The molecule has 0 N–H and O–H groups in total. The highest BCUT2D eigenvalue weighted by Gasteiger charge is 2.01. The van der Waals surface area contributed by atoms with Crippen LogP contribution in [-0.4, -0.2) is 0 Å². The summed E-state index contributed by atoms with van der Waals surface area (Å²) in [5.74, 6) is 1.77. The van der Waals surface area contributed by atoms with Crippen LogP contribution in [0.2, 0.25) is 0 Å². The Kier molecular flexibility index (Phi) is 6.69. The molecule has 1 atom stereocenters. The van der Waals surface area contributed by atoms with E-state index in [0.717, 1.165) is 11.8 Å². The van der Waals surface area contributed by atoms with Gasteiger partial charge in [-0.05, 0) is 11.8 Å². The van der Waals surface area contributed by atoms with Crippen LogP contribution in [0.1, 0.15) is 59.8 Å². The van der Waals surface area contributed by atoms with Gasteiger partial charge in [-0.1, -0.05) is 59.8 Å². The number of hydrogen-bond acceptors (Lipinski definition) is 0. The summed E-state index contributed by atoms with van der Waals surface area (Å²) < 4.78 is 0. The largest absolute Gasteiger partial charge is 0.0651 e. The normalized spacial score (nSPS) is 18.3. The molecule has 0 bridgehead atoms. The predicted molar refractivity (Wildman–Crippen MR) is 52.8 cm³/mol. The van der Waals surface area contributed by atoms with E-state index >= 15 is 0 Å². The van der Waals surface area contributed by atoms with Gasteiger partial charge in [0.05, 0.1) is 0 Å². The summed E-state index contributed by atoms with van der Waals surface area (Å²) >= 11 is 0. The molecule has 0 heteroatoms. The second-order valence-corrected chi connectivity index (χ2v) is 4.04. The van der Waals surface area contributed by atoms with Crippen LogP contribution in [-0.2, 0) is 0 Å². The molecular formula is C11H24. The molecule has 1 fully saturated rings. The van der Waals surface area contributed by atoms with E-state index in [-0.39, 0.29) is 0 Å². The minimum absolute atomic E-state index is 0.866. The van der Waals surface area contributed by atoms with Crippen LogP contribution in [0.5, 0.6) is 0 Å². The van der Waals surface area contributed by atoms with E-state index in [4.69, 9.17) is 0 Å². The second kappa shape index (κ2) is 6.69. The van der Waals surface area contributed by atoms with Gasteiger partial charge >= 0.3 is 0 Å². The van der Waals surface area contributed by atoms with Crippen molar-refractivity contribution in [1.82, 2.24) is 0 Å². The third kappa shape index (κ3) is 6.40. The highest BCUT2D eigenvalue weighted by Crippen LogP contribution is 2.15. The van der Waals surface area contributed by atoms with E-state index in [9.17, 15) is 0 Å². The Labute approximate surface area is 72.4 Å². The van der Waals surface area contributed by atoms with Crippen molar-refractivity contribution < 1.29 is 0 Å². The molecule has 0 saturated heterocycles. The number of hydrogen-bond donors (Lipinski definition) is 0. The van der Waals surface area contributed by atoms with Gasteiger partial charge in [0.25, 0.3) is 0 Å². The van der Waals surface area contributed by atoms with E-state index in [0.29, 0.717) is 0 Å². The Morgan fingerprint density at radius 2 is 1.27 bits per heavy atom. The zero-order chi connectivity index (χ0) is 8.69. The summed E-state index contributed by atoms with van der Waals surface area (Å²) in [5, 5.41) is 0. The second-order valence-electron chi connectivity index (χ2n) is 4.04. The van der Waals surface area contributed by atoms with Gasteiger partial charge in [-0.25, -0.2) is 0 Å². The molecule has 0 amide bonds. The minimum Gasteiger partial charge on any atom is -0.0651 e. The topological polar surface area (TPSA) is 0 Å². The van der Waals surface area contributed by atoms with Crippen LogP contribution in [0.3, 0.4) is 0 Å². The van der Waals surface area contributed by atoms with Crippen molar-refractivity contribution in [2.24, 2.45) is 11.8 Å². The summed E-state index contributed by atoms with van der Waals surface area (Å²) in [6.45, 7) is 9.08. The number of rotatable bonds is 2. The van der Waals surface area contributed by atoms with E-state index < -0.39 is 0 Å². The quantitative estimate of drug-likeness (QED) is 0.560. The Balaban J connectivity index is 0.000000207. The molecule has 0 spiro atoms. The fraction of sp³-hybridized carbons (Fsp3) is 1.00. The summed E-state index contributed by atoms with van der Waals surface area (Å²) in [4.78, 5) is 0. The molecule has 1 aliphatic rings. The van der Waals surface area contributed by atoms with Crippen LogP contribution in [0.4, 0.5) is 0 Å². The lowest BCUT2D eigenvalue weighted by molar-refractivity contribution is 0.407. The van der Waals surface area contributed by atoms with Crippen LogP contribution >= 0.6 is 0 Å². The van der Waals surface area contributed by atoms with Crippen molar-refractivity contribution in [2.75, 3.05) is 0 Å². The molecule has 0 aliphatic heterocycles. The molecule has 0 aromatic rings. The van der Waals surface area contributed by atoms with Crippen molar-refractivity contribution in [1.29, 1.82) is 0 Å². The molecule has 1 unspecified atom stereocenters. The fourth-order valence-corrected chi connectivity index (χ4v) is 0.721. The van der Waals surface area contributed by atoms with E-state index in [1.165, 1.54) is 32.1 Å². The fourth-order valence-electron chi connectivity index (χ4n) is 0.721. The Bertz CT molecular complexity index is 66.1. The highest BCUT2D eigenvalue weighted by atomic mass is 14.1. The van der Waals surface area contributed by atoms with E-state index in [1.807, 2.05) is 0 Å². The average molecular weight is 156 g/mol. The lowest BCUT2D eigenvalue weighted by Crippen LogP contribution is -2.00. The Morgan fingerprint density at radius 1 is 0.909 bits per heavy atom. The maximum atomic E-state index is 2.30. The van der Waals surface area contributed by atoms with Gasteiger partial charge < -0.3 is 0 Å². The molecule has 1 rings (SSSR count). The monoisotopic (exact) mass is 156 g/mol.